The monoisotopic (exact) mass is 409 g/mol. The fraction of sp³-hybridized carbons (Fsp3) is 0.476. The fourth-order valence-electron chi connectivity index (χ4n) is 3.19. The molecule has 0 saturated carbocycles. The van der Waals surface area contributed by atoms with Gasteiger partial charge in [0.2, 0.25) is 0 Å². The van der Waals surface area contributed by atoms with Crippen molar-refractivity contribution in [3.05, 3.63) is 47.5 Å². The number of carbonyl (C=O) groups excluding carboxylic acids is 3. The van der Waals surface area contributed by atoms with Crippen LogP contribution in [-0.4, -0.2) is 37.0 Å². The molecule has 0 bridgehead atoms. The summed E-state index contributed by atoms with van der Waals surface area (Å²) in [5, 5.41) is 2.22. The largest absolute Gasteiger partial charge is 0.466 e. The van der Waals surface area contributed by atoms with Crippen LogP contribution < -0.4 is 5.32 Å². The molecule has 1 aromatic carbocycles. The summed E-state index contributed by atoms with van der Waals surface area (Å²) in [5.74, 6) is -8.69. The van der Waals surface area contributed by atoms with Gasteiger partial charge >= 0.3 is 17.9 Å². The van der Waals surface area contributed by atoms with Crippen LogP contribution in [0.3, 0.4) is 0 Å². The molecule has 6 nitrogen and oxygen atoms in total. The molecular formula is C21H25F2NO5. The number of alkyl halides is 2. The zero-order valence-electron chi connectivity index (χ0n) is 16.5. The van der Waals surface area contributed by atoms with Gasteiger partial charge in [-0.15, -0.1) is 0 Å². The van der Waals surface area contributed by atoms with Gasteiger partial charge in [-0.3, -0.25) is 14.4 Å². The molecule has 2 rings (SSSR count). The molecule has 8 heteroatoms. The summed E-state index contributed by atoms with van der Waals surface area (Å²) in [6.07, 6.45) is 0.576. The summed E-state index contributed by atoms with van der Waals surface area (Å²) >= 11 is 0. The summed E-state index contributed by atoms with van der Waals surface area (Å²) in [6.45, 7) is 3.32. The van der Waals surface area contributed by atoms with E-state index in [9.17, 15) is 23.2 Å². The van der Waals surface area contributed by atoms with Crippen LogP contribution in [-0.2, 0) is 30.4 Å². The summed E-state index contributed by atoms with van der Waals surface area (Å²) in [7, 11) is 0. The lowest BCUT2D eigenvalue weighted by atomic mass is 9.77. The SMILES string of the molecule is CCOC(=O)[C@@H]1CC=C(C(F)(F)C(=O)NCc2ccccc2)C[C@H]1C(=O)OCC. The number of esters is 2. The van der Waals surface area contributed by atoms with Crippen molar-refractivity contribution in [1.82, 2.24) is 5.32 Å². The van der Waals surface area contributed by atoms with Crippen molar-refractivity contribution in [2.75, 3.05) is 13.2 Å². The third-order valence-corrected chi connectivity index (χ3v) is 4.71. The molecule has 1 aromatic rings. The van der Waals surface area contributed by atoms with Crippen molar-refractivity contribution < 1.29 is 32.6 Å². The van der Waals surface area contributed by atoms with E-state index in [2.05, 4.69) is 5.32 Å². The van der Waals surface area contributed by atoms with E-state index in [1.807, 2.05) is 0 Å². The first kappa shape index (κ1) is 22.5. The van der Waals surface area contributed by atoms with Crippen LogP contribution in [0.1, 0.15) is 32.3 Å². The van der Waals surface area contributed by atoms with Gasteiger partial charge in [-0.05, 0) is 32.3 Å². The number of ether oxygens (including phenoxy) is 2. The molecule has 158 valence electrons. The second kappa shape index (κ2) is 10.1. The first-order chi connectivity index (χ1) is 13.8. The standard InChI is InChI=1S/C21H25F2NO5/c1-3-28-18(25)16-11-10-15(12-17(16)19(26)29-4-2)21(22,23)20(27)24-13-14-8-6-5-7-9-14/h5-10,16-17H,3-4,11-13H2,1-2H3,(H,24,27)/t16-,17-/m1/s1. The number of rotatable bonds is 8. The van der Waals surface area contributed by atoms with E-state index < -0.39 is 47.6 Å². The fourth-order valence-corrected chi connectivity index (χ4v) is 3.19. The number of amides is 1. The van der Waals surface area contributed by atoms with Crippen molar-refractivity contribution in [2.24, 2.45) is 11.8 Å². The summed E-state index contributed by atoms with van der Waals surface area (Å²) in [6, 6.07) is 8.67. The topological polar surface area (TPSA) is 81.7 Å². The maximum atomic E-state index is 14.8. The van der Waals surface area contributed by atoms with Crippen LogP contribution in [0.2, 0.25) is 0 Å². The minimum absolute atomic E-state index is 0.0463. The number of hydrogen-bond acceptors (Lipinski definition) is 5. The first-order valence-corrected chi connectivity index (χ1v) is 9.54. The van der Waals surface area contributed by atoms with Crippen LogP contribution in [0.5, 0.6) is 0 Å². The number of nitrogens with one attached hydrogen (secondary N) is 1. The predicted molar refractivity (Wildman–Crippen MR) is 101 cm³/mol. The smallest absolute Gasteiger partial charge is 0.345 e. The maximum absolute atomic E-state index is 14.8. The molecule has 1 aliphatic carbocycles. The molecule has 0 radical (unpaired) electrons. The molecular weight excluding hydrogens is 384 g/mol. The van der Waals surface area contributed by atoms with Crippen molar-refractivity contribution in [1.29, 1.82) is 0 Å². The summed E-state index contributed by atoms with van der Waals surface area (Å²) in [5.41, 5.74) is 0.183. The Morgan fingerprint density at radius 1 is 1.03 bits per heavy atom. The van der Waals surface area contributed by atoms with Gasteiger partial charge in [0.25, 0.3) is 5.91 Å². The molecule has 1 amide bonds. The number of hydrogen-bond donors (Lipinski definition) is 1. The van der Waals surface area contributed by atoms with Crippen molar-refractivity contribution in [3.8, 4) is 0 Å². The van der Waals surface area contributed by atoms with E-state index in [-0.39, 0.29) is 26.2 Å². The van der Waals surface area contributed by atoms with Gasteiger partial charge in [-0.2, -0.15) is 8.78 Å². The average molecular weight is 409 g/mol. The molecule has 0 spiro atoms. The Kier molecular flexibility index (Phi) is 7.87. The first-order valence-electron chi connectivity index (χ1n) is 9.54. The Bertz CT molecular complexity index is 764. The minimum atomic E-state index is -3.81. The third kappa shape index (κ3) is 5.62. The molecule has 0 fully saturated rings. The maximum Gasteiger partial charge on any atom is 0.345 e. The van der Waals surface area contributed by atoms with E-state index in [0.29, 0.717) is 5.56 Å². The zero-order chi connectivity index (χ0) is 21.4. The average Bonchev–Trinajstić information content (AvgIpc) is 2.72. The van der Waals surface area contributed by atoms with Crippen LogP contribution in [0, 0.1) is 11.8 Å². The van der Waals surface area contributed by atoms with Gasteiger partial charge in [0.05, 0.1) is 25.0 Å². The van der Waals surface area contributed by atoms with Gasteiger partial charge in [0.15, 0.2) is 0 Å². The van der Waals surface area contributed by atoms with E-state index >= 15 is 0 Å². The van der Waals surface area contributed by atoms with E-state index in [1.54, 1.807) is 44.2 Å². The van der Waals surface area contributed by atoms with Gasteiger partial charge in [-0.25, -0.2) is 0 Å². The van der Waals surface area contributed by atoms with Crippen LogP contribution in [0.4, 0.5) is 8.78 Å². The molecule has 0 saturated heterocycles. The second-order valence-corrected chi connectivity index (χ2v) is 6.63. The van der Waals surface area contributed by atoms with Gasteiger partial charge < -0.3 is 14.8 Å². The Labute approximate surface area is 168 Å². The van der Waals surface area contributed by atoms with E-state index in [4.69, 9.17) is 9.47 Å². The van der Waals surface area contributed by atoms with Gasteiger partial charge in [0.1, 0.15) is 0 Å². The van der Waals surface area contributed by atoms with Crippen molar-refractivity contribution in [3.63, 3.8) is 0 Å². The number of carbonyl (C=O) groups is 3. The number of halogens is 2. The zero-order valence-corrected chi connectivity index (χ0v) is 16.5. The molecule has 2 atom stereocenters. The Morgan fingerprint density at radius 2 is 1.62 bits per heavy atom. The van der Waals surface area contributed by atoms with E-state index in [1.165, 1.54) is 0 Å². The predicted octanol–water partition coefficient (Wildman–Crippen LogP) is 3.02. The second-order valence-electron chi connectivity index (χ2n) is 6.63. The molecule has 0 aromatic heterocycles. The highest BCUT2D eigenvalue weighted by Gasteiger charge is 2.48. The van der Waals surface area contributed by atoms with Crippen LogP contribution >= 0.6 is 0 Å². The molecule has 0 heterocycles. The van der Waals surface area contributed by atoms with Crippen LogP contribution in [0.25, 0.3) is 0 Å². The molecule has 29 heavy (non-hydrogen) atoms. The minimum Gasteiger partial charge on any atom is -0.466 e. The highest BCUT2D eigenvalue weighted by molar-refractivity contribution is 5.88. The van der Waals surface area contributed by atoms with Gasteiger partial charge in [0, 0.05) is 12.1 Å². The third-order valence-electron chi connectivity index (χ3n) is 4.71. The molecule has 0 aliphatic heterocycles. The molecule has 1 N–H and O–H groups in total. The van der Waals surface area contributed by atoms with Crippen molar-refractivity contribution >= 4 is 17.8 Å². The Balaban J connectivity index is 2.15. The number of benzene rings is 1. The summed E-state index contributed by atoms with van der Waals surface area (Å²) in [4.78, 5) is 36.6. The highest BCUT2D eigenvalue weighted by Crippen LogP contribution is 2.39. The lowest BCUT2D eigenvalue weighted by Crippen LogP contribution is -2.44. The molecule has 1 aliphatic rings. The van der Waals surface area contributed by atoms with Crippen molar-refractivity contribution in [2.45, 2.75) is 39.2 Å². The Morgan fingerprint density at radius 3 is 2.21 bits per heavy atom. The lowest BCUT2D eigenvalue weighted by molar-refractivity contribution is -0.161. The quantitative estimate of drug-likeness (QED) is 0.527. The molecule has 0 unspecified atom stereocenters. The summed E-state index contributed by atoms with van der Waals surface area (Å²) < 4.78 is 39.4. The number of allylic oxidation sites excluding steroid dienone is 1. The van der Waals surface area contributed by atoms with Gasteiger partial charge in [-0.1, -0.05) is 36.4 Å². The normalized spacial score (nSPS) is 19.1. The van der Waals surface area contributed by atoms with E-state index in [0.717, 1.165) is 6.08 Å². The lowest BCUT2D eigenvalue weighted by Gasteiger charge is -2.30. The Hall–Kier alpha value is -2.77. The highest BCUT2D eigenvalue weighted by atomic mass is 19.3. The van der Waals surface area contributed by atoms with Crippen LogP contribution in [0.15, 0.2) is 42.0 Å².